The van der Waals surface area contributed by atoms with Crippen molar-refractivity contribution in [1.82, 2.24) is 5.32 Å². The smallest absolute Gasteiger partial charge is 0.143 e. The van der Waals surface area contributed by atoms with Crippen molar-refractivity contribution < 1.29 is 4.79 Å². The first-order valence-corrected chi connectivity index (χ1v) is 6.03. The molecule has 1 N–H and O–H groups in total. The van der Waals surface area contributed by atoms with Crippen LogP contribution in [0.4, 0.5) is 0 Å². The fraction of sp³-hybridized carbons (Fsp3) is 0.500. The quantitative estimate of drug-likeness (QED) is 0.847. The van der Waals surface area contributed by atoms with E-state index in [0.717, 1.165) is 6.54 Å². The van der Waals surface area contributed by atoms with Crippen LogP contribution >= 0.6 is 0 Å². The second kappa shape index (κ2) is 13.8. The largest absolute Gasteiger partial charge is 0.306 e. The Bertz CT molecular complexity index is 244. The number of benzene rings is 1. The maximum Gasteiger partial charge on any atom is 0.143 e. The molecule has 0 spiro atoms. The molecule has 0 aromatic heterocycles. The highest BCUT2D eigenvalue weighted by atomic mass is 16.1. The lowest BCUT2D eigenvalue weighted by Crippen LogP contribution is -2.20. The molecule has 0 fully saturated rings. The SMILES string of the molecule is CC.CC.CC(=O)CNCc1ccccc1. The van der Waals surface area contributed by atoms with Crippen LogP contribution in [0.5, 0.6) is 0 Å². The molecule has 0 saturated carbocycles. The summed E-state index contributed by atoms with van der Waals surface area (Å²) in [6.45, 7) is 10.8. The molecule has 1 rings (SSSR count). The molecular weight excluding hydrogens is 198 g/mol. The molecule has 0 heterocycles. The van der Waals surface area contributed by atoms with Crippen LogP contribution in [0.3, 0.4) is 0 Å². The topological polar surface area (TPSA) is 29.1 Å². The summed E-state index contributed by atoms with van der Waals surface area (Å²) < 4.78 is 0. The van der Waals surface area contributed by atoms with Gasteiger partial charge in [0.05, 0.1) is 6.54 Å². The maximum absolute atomic E-state index is 10.6. The minimum absolute atomic E-state index is 0.172. The van der Waals surface area contributed by atoms with E-state index in [1.807, 2.05) is 58.0 Å². The second-order valence-corrected chi connectivity index (χ2v) is 2.79. The van der Waals surface area contributed by atoms with Crippen molar-refractivity contribution in [3.63, 3.8) is 0 Å². The van der Waals surface area contributed by atoms with Crippen molar-refractivity contribution in [3.8, 4) is 0 Å². The van der Waals surface area contributed by atoms with E-state index in [1.54, 1.807) is 6.92 Å². The van der Waals surface area contributed by atoms with Crippen molar-refractivity contribution in [2.24, 2.45) is 0 Å². The van der Waals surface area contributed by atoms with Crippen molar-refractivity contribution in [1.29, 1.82) is 0 Å². The molecule has 0 bridgehead atoms. The first-order valence-electron chi connectivity index (χ1n) is 6.03. The van der Waals surface area contributed by atoms with Crippen LogP contribution in [0.1, 0.15) is 40.2 Å². The Morgan fingerprint density at radius 3 is 2.00 bits per heavy atom. The predicted octanol–water partition coefficient (Wildman–Crippen LogP) is 3.42. The lowest BCUT2D eigenvalue weighted by molar-refractivity contribution is -0.116. The lowest BCUT2D eigenvalue weighted by Gasteiger charge is -2.01. The van der Waals surface area contributed by atoms with Gasteiger partial charge in [0.15, 0.2) is 0 Å². The van der Waals surface area contributed by atoms with Crippen LogP contribution in [0.15, 0.2) is 30.3 Å². The Balaban J connectivity index is 0. The van der Waals surface area contributed by atoms with Crippen LogP contribution in [-0.2, 0) is 11.3 Å². The molecule has 0 amide bonds. The third-order valence-corrected chi connectivity index (χ3v) is 1.55. The van der Waals surface area contributed by atoms with E-state index in [9.17, 15) is 4.79 Å². The van der Waals surface area contributed by atoms with E-state index in [-0.39, 0.29) is 5.78 Å². The van der Waals surface area contributed by atoms with Gasteiger partial charge in [0, 0.05) is 6.54 Å². The molecule has 1 aromatic rings. The van der Waals surface area contributed by atoms with Crippen LogP contribution in [0.25, 0.3) is 0 Å². The summed E-state index contributed by atoms with van der Waals surface area (Å²) in [6.07, 6.45) is 0. The van der Waals surface area contributed by atoms with Crippen LogP contribution < -0.4 is 5.32 Å². The van der Waals surface area contributed by atoms with Gasteiger partial charge in [0.25, 0.3) is 0 Å². The molecule has 0 aliphatic heterocycles. The Morgan fingerprint density at radius 2 is 1.56 bits per heavy atom. The van der Waals surface area contributed by atoms with Crippen molar-refractivity contribution >= 4 is 5.78 Å². The summed E-state index contributed by atoms with van der Waals surface area (Å²) in [4.78, 5) is 10.6. The molecule has 0 aliphatic carbocycles. The molecule has 0 aliphatic rings. The summed E-state index contributed by atoms with van der Waals surface area (Å²) in [5.74, 6) is 0.172. The molecule has 92 valence electrons. The van der Waals surface area contributed by atoms with Gasteiger partial charge >= 0.3 is 0 Å². The first-order chi connectivity index (χ1) is 7.79. The average Bonchev–Trinajstić information content (AvgIpc) is 2.35. The van der Waals surface area contributed by atoms with Crippen molar-refractivity contribution in [2.45, 2.75) is 41.2 Å². The number of carbonyl (C=O) groups is 1. The van der Waals surface area contributed by atoms with Gasteiger partial charge in [-0.2, -0.15) is 0 Å². The molecule has 0 saturated heterocycles. The van der Waals surface area contributed by atoms with E-state index in [4.69, 9.17) is 0 Å². The lowest BCUT2D eigenvalue weighted by atomic mass is 10.2. The van der Waals surface area contributed by atoms with Gasteiger partial charge in [-0.05, 0) is 12.5 Å². The predicted molar refractivity (Wildman–Crippen MR) is 71.5 cm³/mol. The molecule has 0 radical (unpaired) electrons. The number of nitrogens with one attached hydrogen (secondary N) is 1. The molecular formula is C14H25NO. The Morgan fingerprint density at radius 1 is 1.06 bits per heavy atom. The fourth-order valence-electron chi connectivity index (χ4n) is 0.979. The van der Waals surface area contributed by atoms with E-state index in [0.29, 0.717) is 6.54 Å². The Kier molecular flexibility index (Phi) is 14.9. The van der Waals surface area contributed by atoms with Crippen LogP contribution in [0, 0.1) is 0 Å². The summed E-state index contributed by atoms with van der Waals surface area (Å²) >= 11 is 0. The van der Waals surface area contributed by atoms with Gasteiger partial charge in [0.2, 0.25) is 0 Å². The van der Waals surface area contributed by atoms with Gasteiger partial charge in [-0.1, -0.05) is 58.0 Å². The van der Waals surface area contributed by atoms with Gasteiger partial charge in [-0.3, -0.25) is 4.79 Å². The Labute approximate surface area is 100 Å². The molecule has 0 atom stereocenters. The molecule has 2 heteroatoms. The highest BCUT2D eigenvalue weighted by Crippen LogP contribution is 1.96. The van der Waals surface area contributed by atoms with Crippen molar-refractivity contribution in [3.05, 3.63) is 35.9 Å². The van der Waals surface area contributed by atoms with Crippen LogP contribution in [-0.4, -0.2) is 12.3 Å². The van der Waals surface area contributed by atoms with Crippen molar-refractivity contribution in [2.75, 3.05) is 6.54 Å². The zero-order chi connectivity index (χ0) is 12.8. The number of ketones is 1. The average molecular weight is 223 g/mol. The number of Topliss-reactive ketones (excluding diaryl/α,β-unsaturated/α-hetero) is 1. The second-order valence-electron chi connectivity index (χ2n) is 2.79. The summed E-state index contributed by atoms with van der Waals surface area (Å²) in [6, 6.07) is 10.0. The normalized spacial score (nSPS) is 8.06. The van der Waals surface area contributed by atoms with E-state index < -0.39 is 0 Å². The number of hydrogen-bond acceptors (Lipinski definition) is 2. The minimum Gasteiger partial charge on any atom is -0.306 e. The van der Waals surface area contributed by atoms with Gasteiger partial charge in [0.1, 0.15) is 5.78 Å². The Hall–Kier alpha value is -1.15. The first kappa shape index (κ1) is 17.3. The van der Waals surface area contributed by atoms with E-state index in [2.05, 4.69) is 5.32 Å². The van der Waals surface area contributed by atoms with Gasteiger partial charge < -0.3 is 5.32 Å². The summed E-state index contributed by atoms with van der Waals surface area (Å²) in [5.41, 5.74) is 1.21. The molecule has 1 aromatic carbocycles. The van der Waals surface area contributed by atoms with Gasteiger partial charge in [-0.25, -0.2) is 0 Å². The van der Waals surface area contributed by atoms with E-state index >= 15 is 0 Å². The highest BCUT2D eigenvalue weighted by molar-refractivity contribution is 5.77. The molecule has 16 heavy (non-hydrogen) atoms. The third kappa shape index (κ3) is 10.9. The summed E-state index contributed by atoms with van der Waals surface area (Å²) in [7, 11) is 0. The number of hydrogen-bond donors (Lipinski definition) is 1. The number of carbonyl (C=O) groups excluding carboxylic acids is 1. The third-order valence-electron chi connectivity index (χ3n) is 1.55. The standard InChI is InChI=1S/C10H13NO.2C2H6/c1-9(12)7-11-8-10-5-3-2-4-6-10;2*1-2/h2-6,11H,7-8H2,1H3;2*1-2H3. The zero-order valence-electron chi connectivity index (χ0n) is 11.2. The maximum atomic E-state index is 10.6. The number of rotatable bonds is 4. The molecule has 0 unspecified atom stereocenters. The van der Waals surface area contributed by atoms with E-state index in [1.165, 1.54) is 5.56 Å². The fourth-order valence-corrected chi connectivity index (χ4v) is 0.979. The summed E-state index contributed by atoms with van der Waals surface area (Å²) in [5, 5.41) is 3.05. The zero-order valence-corrected chi connectivity index (χ0v) is 11.2. The van der Waals surface area contributed by atoms with Crippen LogP contribution in [0.2, 0.25) is 0 Å². The highest BCUT2D eigenvalue weighted by Gasteiger charge is 1.92. The molecule has 2 nitrogen and oxygen atoms in total. The minimum atomic E-state index is 0.172. The monoisotopic (exact) mass is 223 g/mol. The van der Waals surface area contributed by atoms with Gasteiger partial charge in [-0.15, -0.1) is 0 Å².